The average molecular weight is 680 g/mol. The maximum absolute atomic E-state index is 6.41. The van der Waals surface area contributed by atoms with Crippen molar-refractivity contribution in [2.45, 2.75) is 19.3 Å². The number of hydrogen-bond donors (Lipinski definition) is 0. The minimum atomic E-state index is -0.0510. The first-order valence-electron chi connectivity index (χ1n) is 18.3. The van der Waals surface area contributed by atoms with Crippen molar-refractivity contribution in [2.24, 2.45) is 0 Å². The number of furan rings is 1. The lowest BCUT2D eigenvalue weighted by Gasteiger charge is -2.27. The molecule has 2 heteroatoms. The second kappa shape index (κ2) is 12.3. The normalized spacial score (nSPS) is 12.9. The molecule has 0 saturated heterocycles. The Balaban J connectivity index is 1.07. The van der Waals surface area contributed by atoms with Crippen molar-refractivity contribution < 1.29 is 4.42 Å². The van der Waals surface area contributed by atoms with Crippen LogP contribution in [0.25, 0.3) is 66.4 Å². The molecule has 0 atom stereocenters. The highest BCUT2D eigenvalue weighted by atomic mass is 16.3. The van der Waals surface area contributed by atoms with Gasteiger partial charge in [0.05, 0.1) is 0 Å². The molecular weight excluding hydrogens is 643 g/mol. The fourth-order valence-corrected chi connectivity index (χ4v) is 8.37. The smallest absolute Gasteiger partial charge is 0.143 e. The van der Waals surface area contributed by atoms with Gasteiger partial charge in [-0.2, -0.15) is 0 Å². The van der Waals surface area contributed by atoms with Crippen molar-refractivity contribution in [1.82, 2.24) is 0 Å². The van der Waals surface area contributed by atoms with Gasteiger partial charge in [-0.1, -0.05) is 153 Å². The van der Waals surface area contributed by atoms with Crippen LogP contribution in [0.4, 0.5) is 17.1 Å². The Labute approximate surface area is 310 Å². The second-order valence-corrected chi connectivity index (χ2v) is 14.6. The third kappa shape index (κ3) is 5.18. The van der Waals surface area contributed by atoms with Gasteiger partial charge in [0.2, 0.25) is 0 Å². The van der Waals surface area contributed by atoms with Gasteiger partial charge in [0.15, 0.2) is 0 Å². The molecule has 252 valence electrons. The Kier molecular flexibility index (Phi) is 7.19. The summed E-state index contributed by atoms with van der Waals surface area (Å²) in [7, 11) is 0. The maximum atomic E-state index is 6.41. The predicted molar refractivity (Wildman–Crippen MR) is 222 cm³/mol. The van der Waals surface area contributed by atoms with Crippen LogP contribution in [0, 0.1) is 0 Å². The molecular formula is C51H37NO. The Morgan fingerprint density at radius 3 is 1.70 bits per heavy atom. The molecule has 0 amide bonds. The molecule has 0 bridgehead atoms. The molecule has 8 aromatic carbocycles. The molecule has 0 unspecified atom stereocenters. The maximum Gasteiger partial charge on any atom is 0.143 e. The topological polar surface area (TPSA) is 16.4 Å². The van der Waals surface area contributed by atoms with E-state index in [2.05, 4.69) is 195 Å². The fourth-order valence-electron chi connectivity index (χ4n) is 8.37. The number of fused-ring (bicyclic) bond motifs is 6. The Morgan fingerprint density at radius 2 is 0.925 bits per heavy atom. The lowest BCUT2D eigenvalue weighted by Crippen LogP contribution is -2.15. The largest absolute Gasteiger partial charge is 0.455 e. The van der Waals surface area contributed by atoms with E-state index in [9.17, 15) is 0 Å². The summed E-state index contributed by atoms with van der Waals surface area (Å²) in [6.07, 6.45) is 0. The summed E-state index contributed by atoms with van der Waals surface area (Å²) in [5, 5.41) is 2.28. The zero-order valence-corrected chi connectivity index (χ0v) is 29.8. The van der Waals surface area contributed by atoms with E-state index in [1.807, 2.05) is 12.1 Å². The Bertz CT molecular complexity index is 2790. The summed E-state index contributed by atoms with van der Waals surface area (Å²) in [4.78, 5) is 2.38. The summed E-state index contributed by atoms with van der Waals surface area (Å²) in [5.74, 6) is 0. The van der Waals surface area contributed by atoms with Gasteiger partial charge in [0, 0.05) is 38.8 Å². The van der Waals surface area contributed by atoms with Crippen LogP contribution in [-0.4, -0.2) is 0 Å². The summed E-state index contributed by atoms with van der Waals surface area (Å²) < 4.78 is 6.41. The van der Waals surface area contributed by atoms with Gasteiger partial charge in [-0.3, -0.25) is 0 Å². The second-order valence-electron chi connectivity index (χ2n) is 14.6. The van der Waals surface area contributed by atoms with Crippen LogP contribution >= 0.6 is 0 Å². The number of anilines is 3. The average Bonchev–Trinajstić information content (AvgIpc) is 3.71. The van der Waals surface area contributed by atoms with Crippen molar-refractivity contribution in [2.75, 3.05) is 4.90 Å². The molecule has 0 radical (unpaired) electrons. The van der Waals surface area contributed by atoms with Crippen molar-refractivity contribution in [3.8, 4) is 44.5 Å². The van der Waals surface area contributed by atoms with Crippen molar-refractivity contribution >= 4 is 39.0 Å². The zero-order chi connectivity index (χ0) is 35.5. The molecule has 10 rings (SSSR count). The van der Waals surface area contributed by atoms with E-state index in [1.165, 1.54) is 44.5 Å². The number of hydrogen-bond acceptors (Lipinski definition) is 2. The van der Waals surface area contributed by atoms with Crippen LogP contribution in [0.1, 0.15) is 25.0 Å². The summed E-state index contributed by atoms with van der Waals surface area (Å²) in [6, 6.07) is 67.8. The van der Waals surface area contributed by atoms with Crippen LogP contribution in [0.3, 0.4) is 0 Å². The molecule has 1 aromatic heterocycles. The molecule has 0 spiro atoms. The molecule has 0 fully saturated rings. The van der Waals surface area contributed by atoms with Crippen LogP contribution in [-0.2, 0) is 5.41 Å². The Morgan fingerprint density at radius 1 is 0.377 bits per heavy atom. The molecule has 0 aliphatic heterocycles. The van der Waals surface area contributed by atoms with E-state index in [1.54, 1.807) is 0 Å². The SMILES string of the molecule is CC1(C)c2ccccc2-c2cc(N(c3ccc(-c4cccc(-c5ccccc5)c4)cc3)c3ccc(-c4cccc5c4oc4ccccc45)cc3)ccc21. The van der Waals surface area contributed by atoms with Crippen LogP contribution in [0.15, 0.2) is 192 Å². The molecule has 2 nitrogen and oxygen atoms in total. The van der Waals surface area contributed by atoms with E-state index >= 15 is 0 Å². The standard InChI is InChI=1S/C51H37NO/c1-51(2)47-20-8-6-16-43(47)46-33-41(30-31-48(46)51)52(39-26-22-35(23-27-39)38-15-10-14-37(32-38)34-12-4-3-5-13-34)40-28-24-36(25-29-40)42-18-11-19-45-44-17-7-9-21-49(44)53-50(42)45/h3-33H,1-2H3. The van der Waals surface area contributed by atoms with E-state index < -0.39 is 0 Å². The molecule has 1 heterocycles. The number of para-hydroxylation sites is 2. The van der Waals surface area contributed by atoms with Crippen LogP contribution < -0.4 is 4.90 Å². The van der Waals surface area contributed by atoms with E-state index in [4.69, 9.17) is 4.42 Å². The number of benzene rings is 8. The quantitative estimate of drug-likeness (QED) is 0.174. The third-order valence-electron chi connectivity index (χ3n) is 11.1. The molecule has 1 aliphatic carbocycles. The van der Waals surface area contributed by atoms with Gasteiger partial charge < -0.3 is 9.32 Å². The van der Waals surface area contributed by atoms with E-state index in [0.29, 0.717) is 0 Å². The lowest BCUT2D eigenvalue weighted by atomic mass is 9.82. The van der Waals surface area contributed by atoms with Crippen molar-refractivity contribution in [1.29, 1.82) is 0 Å². The molecule has 53 heavy (non-hydrogen) atoms. The first-order chi connectivity index (χ1) is 26.0. The van der Waals surface area contributed by atoms with Gasteiger partial charge in [0.25, 0.3) is 0 Å². The monoisotopic (exact) mass is 679 g/mol. The first-order valence-corrected chi connectivity index (χ1v) is 18.3. The number of rotatable bonds is 6. The minimum absolute atomic E-state index is 0.0510. The highest BCUT2D eigenvalue weighted by molar-refractivity contribution is 6.09. The van der Waals surface area contributed by atoms with Gasteiger partial charge in [-0.25, -0.2) is 0 Å². The van der Waals surface area contributed by atoms with Gasteiger partial charge in [-0.15, -0.1) is 0 Å². The molecule has 0 N–H and O–H groups in total. The van der Waals surface area contributed by atoms with Gasteiger partial charge in [0.1, 0.15) is 11.2 Å². The fraction of sp³-hybridized carbons (Fsp3) is 0.0588. The zero-order valence-electron chi connectivity index (χ0n) is 29.8. The Hall–Kier alpha value is -6.64. The van der Waals surface area contributed by atoms with Gasteiger partial charge >= 0.3 is 0 Å². The third-order valence-corrected chi connectivity index (χ3v) is 11.1. The van der Waals surface area contributed by atoms with E-state index in [0.717, 1.165) is 50.1 Å². The molecule has 1 aliphatic rings. The van der Waals surface area contributed by atoms with Crippen LogP contribution in [0.2, 0.25) is 0 Å². The summed E-state index contributed by atoms with van der Waals surface area (Å²) in [6.45, 7) is 4.67. The highest BCUT2D eigenvalue weighted by Gasteiger charge is 2.35. The molecule has 0 saturated carbocycles. The van der Waals surface area contributed by atoms with Gasteiger partial charge in [-0.05, 0) is 98.6 Å². The molecule has 9 aromatic rings. The summed E-state index contributed by atoms with van der Waals surface area (Å²) in [5.41, 5.74) is 17.5. The lowest BCUT2D eigenvalue weighted by molar-refractivity contribution is 0.660. The minimum Gasteiger partial charge on any atom is -0.455 e. The van der Waals surface area contributed by atoms with Crippen molar-refractivity contribution in [3.05, 3.63) is 199 Å². The van der Waals surface area contributed by atoms with Crippen LogP contribution in [0.5, 0.6) is 0 Å². The van der Waals surface area contributed by atoms with Crippen molar-refractivity contribution in [3.63, 3.8) is 0 Å². The summed E-state index contributed by atoms with van der Waals surface area (Å²) >= 11 is 0. The first kappa shape index (κ1) is 31.1. The van der Waals surface area contributed by atoms with E-state index in [-0.39, 0.29) is 5.41 Å². The number of nitrogens with zero attached hydrogens (tertiary/aromatic N) is 1. The highest BCUT2D eigenvalue weighted by Crippen LogP contribution is 2.50. The predicted octanol–water partition coefficient (Wildman–Crippen LogP) is 14.4.